The van der Waals surface area contributed by atoms with E-state index in [0.717, 1.165) is 5.56 Å². The Balaban J connectivity index is 2.15. The topological polar surface area (TPSA) is 68.3 Å². The van der Waals surface area contributed by atoms with E-state index < -0.39 is 0 Å². The average molecular weight is 286 g/mol. The Labute approximate surface area is 122 Å². The lowest BCUT2D eigenvalue weighted by atomic mass is 10.1. The van der Waals surface area contributed by atoms with E-state index in [1.165, 1.54) is 19.2 Å². The molecule has 0 heterocycles. The molecule has 0 saturated carbocycles. The third kappa shape index (κ3) is 3.50. The van der Waals surface area contributed by atoms with Crippen LogP contribution in [0.3, 0.4) is 0 Å². The zero-order chi connectivity index (χ0) is 15.2. The summed E-state index contributed by atoms with van der Waals surface area (Å²) in [4.78, 5) is 0. The molecule has 21 heavy (non-hydrogen) atoms. The summed E-state index contributed by atoms with van der Waals surface area (Å²) >= 11 is 0. The molecule has 2 aromatic carbocycles. The van der Waals surface area contributed by atoms with Crippen LogP contribution in [0.1, 0.15) is 16.7 Å². The molecule has 0 aliphatic rings. The summed E-state index contributed by atoms with van der Waals surface area (Å²) in [5.41, 5.74) is 7.43. The van der Waals surface area contributed by atoms with Crippen LogP contribution in [0.2, 0.25) is 0 Å². The molecule has 0 saturated heterocycles. The van der Waals surface area contributed by atoms with Crippen molar-refractivity contribution < 1.29 is 13.9 Å². The number of nitriles is 1. The minimum atomic E-state index is -0.348. The van der Waals surface area contributed by atoms with Gasteiger partial charge in [0.2, 0.25) is 0 Å². The molecule has 0 spiro atoms. The summed E-state index contributed by atoms with van der Waals surface area (Å²) in [6.07, 6.45) is 0. The lowest BCUT2D eigenvalue weighted by molar-refractivity contribution is 0.302. The van der Waals surface area contributed by atoms with Crippen molar-refractivity contribution in [2.24, 2.45) is 5.73 Å². The molecule has 2 rings (SSSR count). The lowest BCUT2D eigenvalue weighted by Crippen LogP contribution is -2.03. The summed E-state index contributed by atoms with van der Waals surface area (Å²) < 4.78 is 23.8. The maximum Gasteiger partial charge on any atom is 0.136 e. The SMILES string of the molecule is COc1ccc(COc2ccc(F)cc2CN)cc1C#N. The third-order valence-corrected chi connectivity index (χ3v) is 3.02. The van der Waals surface area contributed by atoms with Crippen LogP contribution >= 0.6 is 0 Å². The second-order valence-electron chi connectivity index (χ2n) is 4.39. The molecule has 0 aliphatic heterocycles. The Morgan fingerprint density at radius 1 is 1.19 bits per heavy atom. The van der Waals surface area contributed by atoms with E-state index >= 15 is 0 Å². The predicted octanol–water partition coefficient (Wildman–Crippen LogP) is 2.74. The highest BCUT2D eigenvalue weighted by molar-refractivity contribution is 5.45. The van der Waals surface area contributed by atoms with E-state index in [9.17, 15) is 4.39 Å². The smallest absolute Gasteiger partial charge is 0.136 e. The molecule has 4 nitrogen and oxygen atoms in total. The molecule has 0 bridgehead atoms. The van der Waals surface area contributed by atoms with Crippen LogP contribution < -0.4 is 15.2 Å². The van der Waals surface area contributed by atoms with E-state index in [1.807, 2.05) is 6.07 Å². The Morgan fingerprint density at radius 2 is 1.95 bits per heavy atom. The van der Waals surface area contributed by atoms with Crippen LogP contribution in [0.5, 0.6) is 11.5 Å². The van der Waals surface area contributed by atoms with E-state index in [4.69, 9.17) is 20.5 Å². The molecular weight excluding hydrogens is 271 g/mol. The van der Waals surface area contributed by atoms with Crippen molar-refractivity contribution in [2.45, 2.75) is 13.2 Å². The predicted molar refractivity (Wildman–Crippen MR) is 76.3 cm³/mol. The minimum absolute atomic E-state index is 0.194. The first-order valence-corrected chi connectivity index (χ1v) is 6.36. The van der Waals surface area contributed by atoms with Crippen molar-refractivity contribution in [3.8, 4) is 17.6 Å². The number of methoxy groups -OCH3 is 1. The van der Waals surface area contributed by atoms with Crippen LogP contribution in [0.15, 0.2) is 36.4 Å². The number of rotatable bonds is 5. The number of benzene rings is 2. The third-order valence-electron chi connectivity index (χ3n) is 3.02. The first-order chi connectivity index (χ1) is 10.2. The van der Waals surface area contributed by atoms with Crippen molar-refractivity contribution in [2.75, 3.05) is 7.11 Å². The summed E-state index contributed by atoms with van der Waals surface area (Å²) in [5.74, 6) is 0.706. The largest absolute Gasteiger partial charge is 0.495 e. The second kappa shape index (κ2) is 6.73. The summed E-state index contributed by atoms with van der Waals surface area (Å²) in [5, 5.41) is 9.04. The highest BCUT2D eigenvalue weighted by Crippen LogP contribution is 2.23. The minimum Gasteiger partial charge on any atom is -0.495 e. The number of halogens is 1. The highest BCUT2D eigenvalue weighted by atomic mass is 19.1. The first-order valence-electron chi connectivity index (χ1n) is 6.36. The molecule has 2 N–H and O–H groups in total. The van der Waals surface area contributed by atoms with Gasteiger partial charge in [-0.25, -0.2) is 4.39 Å². The van der Waals surface area contributed by atoms with E-state index in [1.54, 1.807) is 18.2 Å². The van der Waals surface area contributed by atoms with Gasteiger partial charge < -0.3 is 15.2 Å². The maximum absolute atomic E-state index is 13.1. The number of nitrogens with zero attached hydrogens (tertiary/aromatic N) is 1. The van der Waals surface area contributed by atoms with Gasteiger partial charge in [0.05, 0.1) is 12.7 Å². The average Bonchev–Trinajstić information content (AvgIpc) is 2.53. The van der Waals surface area contributed by atoms with E-state index in [2.05, 4.69) is 6.07 Å². The molecule has 0 atom stereocenters. The van der Waals surface area contributed by atoms with Crippen molar-refractivity contribution in [1.82, 2.24) is 0 Å². The van der Waals surface area contributed by atoms with Gasteiger partial charge in [-0.1, -0.05) is 6.07 Å². The summed E-state index contributed by atoms with van der Waals surface area (Å²) in [6, 6.07) is 11.5. The molecule has 108 valence electrons. The normalized spacial score (nSPS) is 10.0. The van der Waals surface area contributed by atoms with Crippen LogP contribution in [-0.2, 0) is 13.2 Å². The van der Waals surface area contributed by atoms with Gasteiger partial charge in [-0.05, 0) is 35.9 Å². The molecule has 0 aromatic heterocycles. The highest BCUT2D eigenvalue weighted by Gasteiger charge is 2.07. The number of hydrogen-bond acceptors (Lipinski definition) is 4. The van der Waals surface area contributed by atoms with Gasteiger partial charge in [0.1, 0.15) is 30.0 Å². The molecule has 0 radical (unpaired) electrons. The lowest BCUT2D eigenvalue weighted by Gasteiger charge is -2.11. The van der Waals surface area contributed by atoms with Gasteiger partial charge in [0.15, 0.2) is 0 Å². The van der Waals surface area contributed by atoms with Gasteiger partial charge in [0.25, 0.3) is 0 Å². The molecule has 0 aliphatic carbocycles. The molecular formula is C16H15FN2O2. The molecule has 2 aromatic rings. The molecule has 0 unspecified atom stereocenters. The fourth-order valence-corrected chi connectivity index (χ4v) is 1.94. The maximum atomic E-state index is 13.1. The zero-order valence-electron chi connectivity index (χ0n) is 11.6. The van der Waals surface area contributed by atoms with Crippen molar-refractivity contribution >= 4 is 0 Å². The van der Waals surface area contributed by atoms with Crippen molar-refractivity contribution in [3.05, 3.63) is 58.9 Å². The van der Waals surface area contributed by atoms with Crippen molar-refractivity contribution in [3.63, 3.8) is 0 Å². The Hall–Kier alpha value is -2.58. The Morgan fingerprint density at radius 3 is 2.62 bits per heavy atom. The van der Waals surface area contributed by atoms with Crippen LogP contribution in [0.4, 0.5) is 4.39 Å². The molecule has 5 heteroatoms. The standard InChI is InChI=1S/C16H15FN2O2/c1-20-15-4-2-11(6-12(15)8-18)10-21-16-5-3-14(17)7-13(16)9-19/h2-7H,9-10,19H2,1H3. The molecule has 0 fully saturated rings. The van der Waals surface area contributed by atoms with Crippen LogP contribution in [0, 0.1) is 17.1 Å². The first kappa shape index (κ1) is 14.8. The number of ether oxygens (including phenoxy) is 2. The fraction of sp³-hybridized carbons (Fsp3) is 0.188. The monoisotopic (exact) mass is 286 g/mol. The Bertz CT molecular complexity index is 680. The van der Waals surface area contributed by atoms with Crippen LogP contribution in [-0.4, -0.2) is 7.11 Å². The van der Waals surface area contributed by atoms with E-state index in [-0.39, 0.29) is 19.0 Å². The summed E-state index contributed by atoms with van der Waals surface area (Å²) in [6.45, 7) is 0.455. The summed E-state index contributed by atoms with van der Waals surface area (Å²) in [7, 11) is 1.51. The van der Waals surface area contributed by atoms with Gasteiger partial charge in [-0.15, -0.1) is 0 Å². The molecule has 0 amide bonds. The number of nitrogens with two attached hydrogens (primary N) is 1. The van der Waals surface area contributed by atoms with Gasteiger partial charge in [-0.2, -0.15) is 5.26 Å². The van der Waals surface area contributed by atoms with Crippen molar-refractivity contribution in [1.29, 1.82) is 5.26 Å². The van der Waals surface area contributed by atoms with E-state index in [0.29, 0.717) is 22.6 Å². The Kier molecular flexibility index (Phi) is 4.75. The van der Waals surface area contributed by atoms with Crippen LogP contribution in [0.25, 0.3) is 0 Å². The quantitative estimate of drug-likeness (QED) is 0.917. The fourth-order valence-electron chi connectivity index (χ4n) is 1.94. The van der Waals surface area contributed by atoms with Gasteiger partial charge >= 0.3 is 0 Å². The zero-order valence-corrected chi connectivity index (χ0v) is 11.6. The number of hydrogen-bond donors (Lipinski definition) is 1. The van der Waals surface area contributed by atoms with Gasteiger partial charge in [0, 0.05) is 12.1 Å². The van der Waals surface area contributed by atoms with Gasteiger partial charge in [-0.3, -0.25) is 0 Å². The second-order valence-corrected chi connectivity index (χ2v) is 4.39.